The molecule has 5 nitrogen and oxygen atoms in total. The van der Waals surface area contributed by atoms with E-state index in [4.69, 9.17) is 14.2 Å². The molecular formula is C14H24O5. The molecule has 0 aromatic rings. The second kappa shape index (κ2) is 8.02. The Morgan fingerprint density at radius 1 is 1.16 bits per heavy atom. The van der Waals surface area contributed by atoms with Gasteiger partial charge in [-0.25, -0.2) is 4.79 Å². The summed E-state index contributed by atoms with van der Waals surface area (Å²) in [6.45, 7) is 4.35. The van der Waals surface area contributed by atoms with Gasteiger partial charge in [0.25, 0.3) is 0 Å². The van der Waals surface area contributed by atoms with Crippen molar-refractivity contribution in [3.63, 3.8) is 0 Å². The van der Waals surface area contributed by atoms with Crippen molar-refractivity contribution in [2.45, 2.75) is 52.4 Å². The first-order valence-corrected chi connectivity index (χ1v) is 7.05. The predicted octanol–water partition coefficient (Wildman–Crippen LogP) is 3.06. The van der Waals surface area contributed by atoms with Crippen molar-refractivity contribution in [3.05, 3.63) is 0 Å². The van der Waals surface area contributed by atoms with E-state index in [0.29, 0.717) is 6.61 Å². The highest BCUT2D eigenvalue weighted by Crippen LogP contribution is 2.24. The van der Waals surface area contributed by atoms with Crippen LogP contribution in [0.3, 0.4) is 0 Å². The molecule has 0 bridgehead atoms. The molecule has 1 aliphatic rings. The van der Waals surface area contributed by atoms with Gasteiger partial charge in [-0.1, -0.05) is 39.0 Å². The topological polar surface area (TPSA) is 61.8 Å². The van der Waals surface area contributed by atoms with Gasteiger partial charge in [0, 0.05) is 0 Å². The highest BCUT2D eigenvalue weighted by atomic mass is 16.7. The average molecular weight is 272 g/mol. The lowest BCUT2D eigenvalue weighted by molar-refractivity contribution is -0.166. The Morgan fingerprint density at radius 3 is 2.37 bits per heavy atom. The van der Waals surface area contributed by atoms with Gasteiger partial charge in [-0.15, -0.1) is 0 Å². The number of unbranched alkanes of at least 4 members (excludes halogenated alkanes) is 5. The number of hydrogen-bond donors (Lipinski definition) is 0. The summed E-state index contributed by atoms with van der Waals surface area (Å²) in [6, 6.07) is 0. The van der Waals surface area contributed by atoms with Crippen LogP contribution >= 0.6 is 0 Å². The minimum Gasteiger partial charge on any atom is -0.465 e. The molecule has 0 aromatic heterocycles. The molecule has 0 unspecified atom stereocenters. The van der Waals surface area contributed by atoms with E-state index in [1.54, 1.807) is 6.92 Å². The van der Waals surface area contributed by atoms with Crippen molar-refractivity contribution in [2.24, 2.45) is 5.41 Å². The van der Waals surface area contributed by atoms with E-state index in [1.165, 1.54) is 25.7 Å². The second-order valence-corrected chi connectivity index (χ2v) is 5.29. The normalized spacial score (nSPS) is 17.5. The summed E-state index contributed by atoms with van der Waals surface area (Å²) in [5.74, 6) is -0.353. The summed E-state index contributed by atoms with van der Waals surface area (Å²) in [5, 5.41) is 0. The molecule has 1 heterocycles. The third-order valence-corrected chi connectivity index (χ3v) is 3.24. The third kappa shape index (κ3) is 5.49. The van der Waals surface area contributed by atoms with Crippen LogP contribution in [-0.2, 0) is 19.0 Å². The van der Waals surface area contributed by atoms with Crippen LogP contribution in [0.2, 0.25) is 0 Å². The highest BCUT2D eigenvalue weighted by Gasteiger charge is 2.41. The molecule has 1 aliphatic heterocycles. The van der Waals surface area contributed by atoms with Gasteiger partial charge in [0.2, 0.25) is 0 Å². The highest BCUT2D eigenvalue weighted by molar-refractivity contribution is 5.78. The third-order valence-electron chi connectivity index (χ3n) is 3.24. The fraction of sp³-hybridized carbons (Fsp3) is 0.857. The molecule has 5 heteroatoms. The van der Waals surface area contributed by atoms with E-state index in [0.717, 1.165) is 12.8 Å². The predicted molar refractivity (Wildman–Crippen MR) is 69.7 cm³/mol. The minimum atomic E-state index is -0.865. The zero-order chi connectivity index (χ0) is 14.1. The lowest BCUT2D eigenvalue weighted by atomic mass is 9.93. The van der Waals surface area contributed by atoms with E-state index >= 15 is 0 Å². The molecule has 110 valence electrons. The molecule has 0 N–H and O–H groups in total. The van der Waals surface area contributed by atoms with Crippen molar-refractivity contribution in [1.82, 2.24) is 0 Å². The average Bonchev–Trinajstić information content (AvgIpc) is 2.41. The lowest BCUT2D eigenvalue weighted by Crippen LogP contribution is -2.44. The van der Waals surface area contributed by atoms with Crippen molar-refractivity contribution in [1.29, 1.82) is 0 Å². The quantitative estimate of drug-likeness (QED) is 0.502. The number of esters is 1. The molecule has 0 aliphatic carbocycles. The van der Waals surface area contributed by atoms with Gasteiger partial charge in [-0.2, -0.15) is 0 Å². The van der Waals surface area contributed by atoms with E-state index in [2.05, 4.69) is 6.92 Å². The summed E-state index contributed by atoms with van der Waals surface area (Å²) in [6.07, 6.45) is 6.16. The smallest absolute Gasteiger partial charge is 0.465 e. The van der Waals surface area contributed by atoms with E-state index in [1.807, 2.05) is 0 Å². The first-order chi connectivity index (χ1) is 9.08. The molecule has 1 rings (SSSR count). The molecule has 0 saturated carbocycles. The second-order valence-electron chi connectivity index (χ2n) is 5.29. The fourth-order valence-corrected chi connectivity index (χ4v) is 1.86. The molecule has 1 saturated heterocycles. The van der Waals surface area contributed by atoms with Gasteiger partial charge in [0.15, 0.2) is 0 Å². The van der Waals surface area contributed by atoms with Crippen LogP contribution in [0.5, 0.6) is 0 Å². The number of hydrogen-bond acceptors (Lipinski definition) is 5. The Hall–Kier alpha value is -1.26. The number of carbonyl (C=O) groups excluding carboxylic acids is 2. The molecule has 19 heavy (non-hydrogen) atoms. The van der Waals surface area contributed by atoms with Crippen LogP contribution in [-0.4, -0.2) is 31.9 Å². The van der Waals surface area contributed by atoms with E-state index < -0.39 is 11.6 Å². The number of carbonyl (C=O) groups is 2. The molecule has 0 aromatic carbocycles. The summed E-state index contributed by atoms with van der Waals surface area (Å²) in [4.78, 5) is 22.6. The van der Waals surface area contributed by atoms with Gasteiger partial charge >= 0.3 is 12.1 Å². The minimum absolute atomic E-state index is 0.0289. The summed E-state index contributed by atoms with van der Waals surface area (Å²) >= 11 is 0. The number of ether oxygens (including phenoxy) is 3. The maximum absolute atomic E-state index is 11.9. The first kappa shape index (κ1) is 15.8. The summed E-state index contributed by atoms with van der Waals surface area (Å²) < 4.78 is 14.7. The van der Waals surface area contributed by atoms with Crippen molar-refractivity contribution in [3.8, 4) is 0 Å². The standard InChI is InChI=1S/C14H24O5/c1-3-4-5-6-7-8-9-17-12(15)14(2)10-18-13(16)19-11-14/h3-11H2,1-2H3. The monoisotopic (exact) mass is 272 g/mol. The van der Waals surface area contributed by atoms with Crippen LogP contribution in [0.4, 0.5) is 4.79 Å². The fourth-order valence-electron chi connectivity index (χ4n) is 1.86. The maximum atomic E-state index is 11.9. The van der Waals surface area contributed by atoms with Crippen molar-refractivity contribution < 1.29 is 23.8 Å². The Labute approximate surface area is 114 Å². The first-order valence-electron chi connectivity index (χ1n) is 7.05. The molecule has 1 fully saturated rings. The SMILES string of the molecule is CCCCCCCCOC(=O)C1(C)COC(=O)OC1. The van der Waals surface area contributed by atoms with Crippen molar-refractivity contribution >= 4 is 12.1 Å². The molecule has 0 atom stereocenters. The van der Waals surface area contributed by atoms with E-state index in [-0.39, 0.29) is 19.2 Å². The molecule has 0 spiro atoms. The summed E-state index contributed by atoms with van der Waals surface area (Å²) in [5.41, 5.74) is -0.865. The van der Waals surface area contributed by atoms with Gasteiger partial charge in [-0.3, -0.25) is 4.79 Å². The molecule has 0 radical (unpaired) electrons. The summed E-state index contributed by atoms with van der Waals surface area (Å²) in [7, 11) is 0. The number of cyclic esters (lactones) is 2. The Balaban J connectivity index is 2.12. The van der Waals surface area contributed by atoms with Gasteiger partial charge < -0.3 is 14.2 Å². The van der Waals surface area contributed by atoms with E-state index in [9.17, 15) is 9.59 Å². The van der Waals surface area contributed by atoms with Crippen LogP contribution in [0.15, 0.2) is 0 Å². The molecule has 0 amide bonds. The van der Waals surface area contributed by atoms with Gasteiger partial charge in [0.05, 0.1) is 6.61 Å². The van der Waals surface area contributed by atoms with Crippen LogP contribution in [0.1, 0.15) is 52.4 Å². The Kier molecular flexibility index (Phi) is 6.67. The maximum Gasteiger partial charge on any atom is 0.508 e. The largest absolute Gasteiger partial charge is 0.508 e. The zero-order valence-electron chi connectivity index (χ0n) is 11.9. The van der Waals surface area contributed by atoms with Crippen LogP contribution < -0.4 is 0 Å². The van der Waals surface area contributed by atoms with Crippen LogP contribution in [0, 0.1) is 5.41 Å². The Morgan fingerprint density at radius 2 is 1.74 bits per heavy atom. The lowest BCUT2D eigenvalue weighted by Gasteiger charge is -2.29. The molecular weight excluding hydrogens is 248 g/mol. The number of rotatable bonds is 8. The van der Waals surface area contributed by atoms with Crippen molar-refractivity contribution in [2.75, 3.05) is 19.8 Å². The Bertz CT molecular complexity index is 290. The van der Waals surface area contributed by atoms with Crippen LogP contribution in [0.25, 0.3) is 0 Å². The zero-order valence-corrected chi connectivity index (χ0v) is 11.9. The van der Waals surface area contributed by atoms with Gasteiger partial charge in [-0.05, 0) is 13.3 Å². The van der Waals surface area contributed by atoms with Gasteiger partial charge in [0.1, 0.15) is 18.6 Å².